The molecule has 0 aliphatic rings. The fraction of sp³-hybridized carbons (Fsp3) is 0.200. The first kappa shape index (κ1) is 6.60. The number of rotatable bonds is 0. The number of nitrogens with two attached hydrogens (primary N) is 2. The van der Waals surface area contributed by atoms with Gasteiger partial charge in [0.1, 0.15) is 5.82 Å². The SMILES string of the molecule is Cn1ccc(N)n/c1=N/N. The molecule has 0 aliphatic heterocycles. The highest BCUT2D eigenvalue weighted by molar-refractivity contribution is 5.23. The van der Waals surface area contributed by atoms with Crippen molar-refractivity contribution in [2.24, 2.45) is 18.0 Å². The molecule has 1 heterocycles. The van der Waals surface area contributed by atoms with Gasteiger partial charge in [0.2, 0.25) is 5.62 Å². The number of aryl methyl sites for hydroxylation is 1. The molecular formula is C5H9N5. The molecule has 54 valence electrons. The molecule has 0 atom stereocenters. The maximum absolute atomic E-state index is 5.36. The molecule has 0 bridgehead atoms. The molecule has 5 nitrogen and oxygen atoms in total. The normalized spacial score (nSPS) is 11.9. The van der Waals surface area contributed by atoms with E-state index in [1.165, 1.54) is 0 Å². The van der Waals surface area contributed by atoms with Crippen molar-refractivity contribution in [3.05, 3.63) is 17.9 Å². The zero-order chi connectivity index (χ0) is 7.56. The van der Waals surface area contributed by atoms with E-state index in [0.717, 1.165) is 0 Å². The van der Waals surface area contributed by atoms with Gasteiger partial charge in [-0.15, -0.1) is 5.10 Å². The van der Waals surface area contributed by atoms with E-state index < -0.39 is 0 Å². The van der Waals surface area contributed by atoms with Crippen LogP contribution in [0.4, 0.5) is 5.82 Å². The van der Waals surface area contributed by atoms with Gasteiger partial charge in [-0.2, -0.15) is 4.98 Å². The standard InChI is InChI=1S/C5H9N5/c1-10-3-2-4(6)8-5(10)9-7/h2-3H,7H2,1H3,(H2,6,8,9). The van der Waals surface area contributed by atoms with Gasteiger partial charge < -0.3 is 16.1 Å². The van der Waals surface area contributed by atoms with Crippen LogP contribution in [-0.2, 0) is 7.05 Å². The topological polar surface area (TPSA) is 82.2 Å². The summed E-state index contributed by atoms with van der Waals surface area (Å²) in [7, 11) is 1.79. The monoisotopic (exact) mass is 139 g/mol. The molecule has 0 saturated heterocycles. The van der Waals surface area contributed by atoms with Gasteiger partial charge in [0.05, 0.1) is 0 Å². The summed E-state index contributed by atoms with van der Waals surface area (Å²) in [6.07, 6.45) is 1.74. The molecule has 5 heteroatoms. The summed E-state index contributed by atoms with van der Waals surface area (Å²) in [5, 5.41) is 3.40. The van der Waals surface area contributed by atoms with Crippen LogP contribution in [0.5, 0.6) is 0 Å². The molecule has 0 fully saturated rings. The van der Waals surface area contributed by atoms with Gasteiger partial charge in [-0.05, 0) is 6.07 Å². The lowest BCUT2D eigenvalue weighted by Gasteiger charge is -1.96. The average Bonchev–Trinajstić information content (AvgIpc) is 1.94. The van der Waals surface area contributed by atoms with Gasteiger partial charge >= 0.3 is 0 Å². The Morgan fingerprint density at radius 2 is 2.40 bits per heavy atom. The molecule has 1 rings (SSSR count). The van der Waals surface area contributed by atoms with Crippen LogP contribution < -0.4 is 17.2 Å². The Balaban J connectivity index is 3.37. The molecular weight excluding hydrogens is 130 g/mol. The smallest absolute Gasteiger partial charge is 0.247 e. The van der Waals surface area contributed by atoms with E-state index in [1.807, 2.05) is 0 Å². The third-order valence-electron chi connectivity index (χ3n) is 1.13. The maximum Gasteiger partial charge on any atom is 0.247 e. The van der Waals surface area contributed by atoms with Crippen LogP contribution in [0.3, 0.4) is 0 Å². The van der Waals surface area contributed by atoms with Crippen molar-refractivity contribution in [1.29, 1.82) is 0 Å². The first-order valence-electron chi connectivity index (χ1n) is 2.77. The van der Waals surface area contributed by atoms with E-state index >= 15 is 0 Å². The summed E-state index contributed by atoms with van der Waals surface area (Å²) >= 11 is 0. The van der Waals surface area contributed by atoms with Crippen molar-refractivity contribution in [2.75, 3.05) is 5.73 Å². The van der Waals surface area contributed by atoms with Crippen molar-refractivity contribution in [3.8, 4) is 0 Å². The Hall–Kier alpha value is -1.52. The molecule has 0 radical (unpaired) electrons. The minimum Gasteiger partial charge on any atom is -0.384 e. The van der Waals surface area contributed by atoms with Crippen molar-refractivity contribution in [2.45, 2.75) is 0 Å². The molecule has 0 unspecified atom stereocenters. The summed E-state index contributed by atoms with van der Waals surface area (Å²) in [6.45, 7) is 0. The van der Waals surface area contributed by atoms with Gasteiger partial charge in [-0.1, -0.05) is 0 Å². The summed E-state index contributed by atoms with van der Waals surface area (Å²) in [4.78, 5) is 3.84. The second-order valence-corrected chi connectivity index (χ2v) is 1.89. The molecule has 0 aliphatic carbocycles. The van der Waals surface area contributed by atoms with E-state index in [9.17, 15) is 0 Å². The van der Waals surface area contributed by atoms with Gasteiger partial charge in [-0.25, -0.2) is 0 Å². The highest BCUT2D eigenvalue weighted by Gasteiger charge is 1.87. The van der Waals surface area contributed by atoms with Crippen molar-refractivity contribution >= 4 is 5.82 Å². The van der Waals surface area contributed by atoms with Crippen LogP contribution in [0.25, 0.3) is 0 Å². The van der Waals surface area contributed by atoms with Crippen molar-refractivity contribution < 1.29 is 0 Å². The molecule has 0 saturated carbocycles. The van der Waals surface area contributed by atoms with Crippen molar-refractivity contribution in [3.63, 3.8) is 0 Å². The van der Waals surface area contributed by atoms with Crippen LogP contribution >= 0.6 is 0 Å². The Bertz CT molecular complexity index is 286. The number of nitrogens with zero attached hydrogens (tertiary/aromatic N) is 3. The van der Waals surface area contributed by atoms with Crippen molar-refractivity contribution in [1.82, 2.24) is 9.55 Å². The summed E-state index contributed by atoms with van der Waals surface area (Å²) in [6, 6.07) is 1.68. The summed E-state index contributed by atoms with van der Waals surface area (Å²) in [5.74, 6) is 5.42. The first-order valence-corrected chi connectivity index (χ1v) is 2.77. The first-order chi connectivity index (χ1) is 4.74. The van der Waals surface area contributed by atoms with E-state index in [-0.39, 0.29) is 0 Å². The minimum absolute atomic E-state index is 0.417. The molecule has 0 amide bonds. The third kappa shape index (κ3) is 1.07. The highest BCUT2D eigenvalue weighted by Crippen LogP contribution is 1.85. The predicted octanol–water partition coefficient (Wildman–Crippen LogP) is -1.22. The average molecular weight is 139 g/mol. The number of nitrogen functional groups attached to an aromatic ring is 1. The largest absolute Gasteiger partial charge is 0.384 e. The molecule has 1 aromatic rings. The fourth-order valence-electron chi connectivity index (χ4n) is 0.606. The Labute approximate surface area is 58.0 Å². The molecule has 1 aromatic heterocycles. The molecule has 0 aromatic carbocycles. The second kappa shape index (κ2) is 2.38. The van der Waals surface area contributed by atoms with Crippen LogP contribution in [-0.4, -0.2) is 9.55 Å². The Kier molecular flexibility index (Phi) is 1.57. The van der Waals surface area contributed by atoms with Crippen LogP contribution in [0.15, 0.2) is 17.4 Å². The van der Waals surface area contributed by atoms with E-state index in [2.05, 4.69) is 10.1 Å². The van der Waals surface area contributed by atoms with E-state index in [4.69, 9.17) is 11.6 Å². The van der Waals surface area contributed by atoms with E-state index in [1.54, 1.807) is 23.9 Å². The van der Waals surface area contributed by atoms with Gasteiger partial charge in [0.15, 0.2) is 0 Å². The zero-order valence-corrected chi connectivity index (χ0v) is 5.65. The number of hydrogen-bond donors (Lipinski definition) is 2. The summed E-state index contributed by atoms with van der Waals surface area (Å²) < 4.78 is 1.68. The van der Waals surface area contributed by atoms with Gasteiger partial charge in [-0.3, -0.25) is 0 Å². The summed E-state index contributed by atoms with van der Waals surface area (Å²) in [5.41, 5.74) is 5.78. The maximum atomic E-state index is 5.36. The quantitative estimate of drug-likeness (QED) is 0.349. The third-order valence-corrected chi connectivity index (χ3v) is 1.13. The molecule has 10 heavy (non-hydrogen) atoms. The van der Waals surface area contributed by atoms with Crippen LogP contribution in [0, 0.1) is 0 Å². The van der Waals surface area contributed by atoms with Crippen LogP contribution in [0.2, 0.25) is 0 Å². The fourth-order valence-corrected chi connectivity index (χ4v) is 0.606. The minimum atomic E-state index is 0.417. The predicted molar refractivity (Wildman–Crippen MR) is 37.4 cm³/mol. The molecule has 4 N–H and O–H groups in total. The Morgan fingerprint density at radius 1 is 1.70 bits per heavy atom. The number of anilines is 1. The lowest BCUT2D eigenvalue weighted by atomic mass is 10.6. The van der Waals surface area contributed by atoms with E-state index in [0.29, 0.717) is 11.4 Å². The number of aromatic nitrogens is 2. The molecule has 0 spiro atoms. The highest BCUT2D eigenvalue weighted by atomic mass is 15.2. The second-order valence-electron chi connectivity index (χ2n) is 1.89. The van der Waals surface area contributed by atoms with Gasteiger partial charge in [0, 0.05) is 13.2 Å². The lowest BCUT2D eigenvalue weighted by molar-refractivity contribution is 0.766. The Morgan fingerprint density at radius 3 is 2.90 bits per heavy atom. The van der Waals surface area contributed by atoms with Gasteiger partial charge in [0.25, 0.3) is 0 Å². The zero-order valence-electron chi connectivity index (χ0n) is 5.65. The lowest BCUT2D eigenvalue weighted by Crippen LogP contribution is -2.23. The van der Waals surface area contributed by atoms with Crippen LogP contribution in [0.1, 0.15) is 0 Å². The number of hydrogen-bond acceptors (Lipinski definition) is 4.